The standard InChI is InChI=1S/C14H20BrNO2/c1-10-3-6-14(13(15)7-10)17-9-12-5-4-11(18-12)8-16-2/h3,6-7,11-12,16H,4-5,8-9H2,1-2H3. The molecule has 4 heteroatoms. The Kier molecular flexibility index (Phi) is 5.03. The summed E-state index contributed by atoms with van der Waals surface area (Å²) in [4.78, 5) is 0. The van der Waals surface area contributed by atoms with Crippen LogP contribution in [0.25, 0.3) is 0 Å². The van der Waals surface area contributed by atoms with E-state index in [1.807, 2.05) is 13.1 Å². The number of halogens is 1. The molecule has 1 aromatic carbocycles. The van der Waals surface area contributed by atoms with Gasteiger partial charge in [0.1, 0.15) is 12.4 Å². The highest BCUT2D eigenvalue weighted by molar-refractivity contribution is 9.10. The average molecular weight is 314 g/mol. The highest BCUT2D eigenvalue weighted by atomic mass is 79.9. The number of hydrogen-bond acceptors (Lipinski definition) is 3. The molecule has 100 valence electrons. The van der Waals surface area contributed by atoms with Crippen LogP contribution in [0.3, 0.4) is 0 Å². The topological polar surface area (TPSA) is 30.5 Å². The molecule has 0 radical (unpaired) electrons. The van der Waals surface area contributed by atoms with E-state index in [1.165, 1.54) is 5.56 Å². The summed E-state index contributed by atoms with van der Waals surface area (Å²) in [5.41, 5.74) is 1.22. The zero-order chi connectivity index (χ0) is 13.0. The van der Waals surface area contributed by atoms with E-state index in [0.717, 1.165) is 29.6 Å². The summed E-state index contributed by atoms with van der Waals surface area (Å²) in [7, 11) is 1.95. The first-order chi connectivity index (χ1) is 8.69. The van der Waals surface area contributed by atoms with E-state index in [0.29, 0.717) is 12.7 Å². The molecular formula is C14H20BrNO2. The Bertz CT molecular complexity index is 397. The fraction of sp³-hybridized carbons (Fsp3) is 0.571. The van der Waals surface area contributed by atoms with Gasteiger partial charge in [-0.3, -0.25) is 0 Å². The van der Waals surface area contributed by atoms with Crippen LogP contribution in [0.5, 0.6) is 5.75 Å². The number of benzene rings is 1. The fourth-order valence-corrected chi connectivity index (χ4v) is 2.79. The van der Waals surface area contributed by atoms with Crippen LogP contribution in [0.2, 0.25) is 0 Å². The summed E-state index contributed by atoms with van der Waals surface area (Å²) in [5.74, 6) is 0.890. The van der Waals surface area contributed by atoms with E-state index < -0.39 is 0 Å². The van der Waals surface area contributed by atoms with Gasteiger partial charge in [-0.05, 0) is 60.4 Å². The quantitative estimate of drug-likeness (QED) is 0.906. The van der Waals surface area contributed by atoms with Crippen molar-refractivity contribution in [3.05, 3.63) is 28.2 Å². The third kappa shape index (κ3) is 3.70. The van der Waals surface area contributed by atoms with E-state index in [4.69, 9.17) is 9.47 Å². The van der Waals surface area contributed by atoms with Crippen LogP contribution in [0, 0.1) is 6.92 Å². The molecule has 1 saturated heterocycles. The smallest absolute Gasteiger partial charge is 0.133 e. The van der Waals surface area contributed by atoms with E-state index in [9.17, 15) is 0 Å². The average Bonchev–Trinajstić information content (AvgIpc) is 2.76. The lowest BCUT2D eigenvalue weighted by atomic mass is 10.2. The van der Waals surface area contributed by atoms with Gasteiger partial charge in [0, 0.05) is 6.54 Å². The first kappa shape index (κ1) is 13.8. The lowest BCUT2D eigenvalue weighted by Gasteiger charge is -2.15. The van der Waals surface area contributed by atoms with Crippen LogP contribution >= 0.6 is 15.9 Å². The molecule has 1 fully saturated rings. The molecular weight excluding hydrogens is 294 g/mol. The summed E-state index contributed by atoms with van der Waals surface area (Å²) >= 11 is 3.52. The molecule has 0 aromatic heterocycles. The normalized spacial score (nSPS) is 23.3. The van der Waals surface area contributed by atoms with E-state index in [1.54, 1.807) is 0 Å². The number of hydrogen-bond donors (Lipinski definition) is 1. The van der Waals surface area contributed by atoms with Crippen molar-refractivity contribution in [2.45, 2.75) is 32.0 Å². The summed E-state index contributed by atoms with van der Waals surface area (Å²) in [6, 6.07) is 6.12. The Morgan fingerprint density at radius 1 is 1.39 bits per heavy atom. The van der Waals surface area contributed by atoms with Gasteiger partial charge in [-0.15, -0.1) is 0 Å². The van der Waals surface area contributed by atoms with Crippen molar-refractivity contribution in [3.63, 3.8) is 0 Å². The van der Waals surface area contributed by atoms with Crippen LogP contribution in [0.1, 0.15) is 18.4 Å². The van der Waals surface area contributed by atoms with Gasteiger partial charge >= 0.3 is 0 Å². The van der Waals surface area contributed by atoms with Gasteiger partial charge in [-0.2, -0.15) is 0 Å². The van der Waals surface area contributed by atoms with Crippen molar-refractivity contribution in [3.8, 4) is 5.75 Å². The molecule has 0 spiro atoms. The van der Waals surface area contributed by atoms with Crippen LogP contribution in [-0.4, -0.2) is 32.4 Å². The van der Waals surface area contributed by atoms with E-state index in [2.05, 4.69) is 40.3 Å². The van der Waals surface area contributed by atoms with E-state index >= 15 is 0 Å². The predicted octanol–water partition coefficient (Wildman–Crippen LogP) is 2.90. The first-order valence-electron chi connectivity index (χ1n) is 6.38. The van der Waals surface area contributed by atoms with Gasteiger partial charge in [-0.1, -0.05) is 6.07 Å². The Morgan fingerprint density at radius 3 is 2.89 bits per heavy atom. The molecule has 2 atom stereocenters. The molecule has 1 aliphatic heterocycles. The largest absolute Gasteiger partial charge is 0.490 e. The van der Waals surface area contributed by atoms with Crippen molar-refractivity contribution in [1.82, 2.24) is 5.32 Å². The number of aryl methyl sites for hydroxylation is 1. The van der Waals surface area contributed by atoms with Gasteiger partial charge in [0.25, 0.3) is 0 Å². The molecule has 18 heavy (non-hydrogen) atoms. The van der Waals surface area contributed by atoms with E-state index in [-0.39, 0.29) is 6.10 Å². The van der Waals surface area contributed by atoms with Gasteiger partial charge < -0.3 is 14.8 Å². The summed E-state index contributed by atoms with van der Waals surface area (Å²) in [6.45, 7) is 3.61. The lowest BCUT2D eigenvalue weighted by Crippen LogP contribution is -2.25. The van der Waals surface area contributed by atoms with Crippen LogP contribution in [-0.2, 0) is 4.74 Å². The van der Waals surface area contributed by atoms with Gasteiger partial charge in [0.2, 0.25) is 0 Å². The highest BCUT2D eigenvalue weighted by Gasteiger charge is 2.25. The summed E-state index contributed by atoms with van der Waals surface area (Å²) in [6.07, 6.45) is 2.75. The molecule has 0 amide bonds. The number of rotatable bonds is 5. The fourth-order valence-electron chi connectivity index (χ4n) is 2.19. The number of nitrogens with one attached hydrogen (secondary N) is 1. The summed E-state index contributed by atoms with van der Waals surface area (Å²) < 4.78 is 12.7. The second-order valence-electron chi connectivity index (χ2n) is 4.76. The molecule has 1 aromatic rings. The second kappa shape index (κ2) is 6.55. The Balaban J connectivity index is 1.81. The maximum Gasteiger partial charge on any atom is 0.133 e. The monoisotopic (exact) mass is 313 g/mol. The Morgan fingerprint density at radius 2 is 2.17 bits per heavy atom. The van der Waals surface area contributed by atoms with Crippen LogP contribution < -0.4 is 10.1 Å². The molecule has 0 bridgehead atoms. The molecule has 1 N–H and O–H groups in total. The van der Waals surface area contributed by atoms with Gasteiger partial charge in [0.05, 0.1) is 16.7 Å². The minimum absolute atomic E-state index is 0.219. The Hall–Kier alpha value is -0.580. The minimum Gasteiger partial charge on any atom is -0.490 e. The maximum atomic E-state index is 5.88. The predicted molar refractivity (Wildman–Crippen MR) is 76.2 cm³/mol. The molecule has 1 heterocycles. The lowest BCUT2D eigenvalue weighted by molar-refractivity contribution is 0.0192. The molecule has 3 nitrogen and oxygen atoms in total. The van der Waals surface area contributed by atoms with Crippen molar-refractivity contribution < 1.29 is 9.47 Å². The third-order valence-corrected chi connectivity index (χ3v) is 3.76. The van der Waals surface area contributed by atoms with Crippen LogP contribution in [0.4, 0.5) is 0 Å². The maximum absolute atomic E-state index is 5.88. The number of ether oxygens (including phenoxy) is 2. The molecule has 0 saturated carbocycles. The molecule has 1 aliphatic rings. The Labute approximate surface area is 117 Å². The number of likely N-dealkylation sites (N-methyl/N-ethyl adjacent to an activating group) is 1. The SMILES string of the molecule is CNCC1CCC(COc2ccc(C)cc2Br)O1. The second-order valence-corrected chi connectivity index (χ2v) is 5.61. The zero-order valence-corrected chi connectivity index (χ0v) is 12.5. The third-order valence-electron chi connectivity index (χ3n) is 3.14. The van der Waals surface area contributed by atoms with Gasteiger partial charge in [-0.25, -0.2) is 0 Å². The summed E-state index contributed by atoms with van der Waals surface area (Å²) in [5, 5.41) is 3.15. The molecule has 0 aliphatic carbocycles. The molecule has 2 unspecified atom stereocenters. The van der Waals surface area contributed by atoms with Crippen molar-refractivity contribution in [2.24, 2.45) is 0 Å². The highest BCUT2D eigenvalue weighted by Crippen LogP contribution is 2.27. The minimum atomic E-state index is 0.219. The van der Waals surface area contributed by atoms with Gasteiger partial charge in [0.15, 0.2) is 0 Å². The van der Waals surface area contributed by atoms with Crippen molar-refractivity contribution in [2.75, 3.05) is 20.2 Å². The first-order valence-corrected chi connectivity index (χ1v) is 7.17. The van der Waals surface area contributed by atoms with Crippen molar-refractivity contribution >= 4 is 15.9 Å². The van der Waals surface area contributed by atoms with Crippen LogP contribution in [0.15, 0.2) is 22.7 Å². The molecule has 2 rings (SSSR count). The van der Waals surface area contributed by atoms with Crippen molar-refractivity contribution in [1.29, 1.82) is 0 Å². The zero-order valence-electron chi connectivity index (χ0n) is 10.9.